The van der Waals surface area contributed by atoms with Gasteiger partial charge in [-0.2, -0.15) is 0 Å². The van der Waals surface area contributed by atoms with E-state index in [9.17, 15) is 9.18 Å². The normalized spacial score (nSPS) is 18.1. The number of halogens is 2. The van der Waals surface area contributed by atoms with Gasteiger partial charge in [0.15, 0.2) is 0 Å². The number of hydrogen-bond donors (Lipinski definition) is 2. The van der Waals surface area contributed by atoms with E-state index < -0.39 is 5.82 Å². The van der Waals surface area contributed by atoms with Gasteiger partial charge in [-0.05, 0) is 66.1 Å². The fourth-order valence-corrected chi connectivity index (χ4v) is 3.01. The Balaban J connectivity index is 2.01. The molecule has 0 saturated carbocycles. The molecule has 1 aromatic carbocycles. The third kappa shape index (κ3) is 3.66. The van der Waals surface area contributed by atoms with Crippen molar-refractivity contribution in [2.75, 3.05) is 19.6 Å². The number of piperidine rings is 1. The van der Waals surface area contributed by atoms with Crippen LogP contribution < -0.4 is 10.6 Å². The SMILES string of the molecule is CC1(CNC(=O)c2c(F)cccc2I)CCNCC1. The minimum Gasteiger partial charge on any atom is -0.351 e. The fraction of sp³-hybridized carbons (Fsp3) is 0.500. The maximum absolute atomic E-state index is 13.7. The van der Waals surface area contributed by atoms with Crippen LogP contribution in [-0.2, 0) is 0 Å². The van der Waals surface area contributed by atoms with E-state index in [0.29, 0.717) is 10.1 Å². The molecule has 1 aliphatic rings. The first-order valence-electron chi connectivity index (χ1n) is 6.45. The summed E-state index contributed by atoms with van der Waals surface area (Å²) >= 11 is 1.99. The Kier molecular flexibility index (Phi) is 4.78. The van der Waals surface area contributed by atoms with E-state index in [-0.39, 0.29) is 16.9 Å². The van der Waals surface area contributed by atoms with Crippen LogP contribution in [0.5, 0.6) is 0 Å². The van der Waals surface area contributed by atoms with E-state index in [1.54, 1.807) is 12.1 Å². The lowest BCUT2D eigenvalue weighted by Gasteiger charge is -2.34. The van der Waals surface area contributed by atoms with Crippen molar-refractivity contribution < 1.29 is 9.18 Å². The summed E-state index contributed by atoms with van der Waals surface area (Å²) in [5.74, 6) is -0.776. The van der Waals surface area contributed by atoms with Crippen molar-refractivity contribution in [1.82, 2.24) is 10.6 Å². The van der Waals surface area contributed by atoms with Crippen LogP contribution in [0.1, 0.15) is 30.1 Å². The number of benzene rings is 1. The molecular formula is C14H18FIN2O. The van der Waals surface area contributed by atoms with Crippen LogP contribution in [0.4, 0.5) is 4.39 Å². The minimum absolute atomic E-state index is 0.109. The Labute approximate surface area is 126 Å². The van der Waals surface area contributed by atoms with E-state index in [1.807, 2.05) is 22.6 Å². The van der Waals surface area contributed by atoms with Gasteiger partial charge in [-0.1, -0.05) is 13.0 Å². The van der Waals surface area contributed by atoms with Crippen LogP contribution in [0.3, 0.4) is 0 Å². The second-order valence-electron chi connectivity index (χ2n) is 5.34. The van der Waals surface area contributed by atoms with Crippen molar-refractivity contribution >= 4 is 28.5 Å². The predicted molar refractivity (Wildman–Crippen MR) is 81.7 cm³/mol. The van der Waals surface area contributed by atoms with Crippen LogP contribution in [0.25, 0.3) is 0 Å². The average Bonchev–Trinajstić information content (AvgIpc) is 2.37. The summed E-state index contributed by atoms with van der Waals surface area (Å²) in [5, 5.41) is 6.18. The molecule has 0 aliphatic carbocycles. The second-order valence-corrected chi connectivity index (χ2v) is 6.50. The first-order valence-corrected chi connectivity index (χ1v) is 7.53. The Morgan fingerprint density at radius 2 is 2.16 bits per heavy atom. The number of amides is 1. The summed E-state index contributed by atoms with van der Waals surface area (Å²) < 4.78 is 14.3. The smallest absolute Gasteiger partial charge is 0.255 e. The first-order chi connectivity index (χ1) is 9.02. The average molecular weight is 376 g/mol. The lowest BCUT2D eigenvalue weighted by Crippen LogP contribution is -2.43. The topological polar surface area (TPSA) is 41.1 Å². The van der Waals surface area contributed by atoms with Gasteiger partial charge >= 0.3 is 0 Å². The Hall–Kier alpha value is -0.690. The molecule has 0 atom stereocenters. The molecule has 19 heavy (non-hydrogen) atoms. The highest BCUT2D eigenvalue weighted by Crippen LogP contribution is 2.27. The molecule has 104 valence electrons. The lowest BCUT2D eigenvalue weighted by atomic mass is 9.81. The summed E-state index contributed by atoms with van der Waals surface area (Å²) in [4.78, 5) is 12.1. The summed E-state index contributed by atoms with van der Waals surface area (Å²) in [6.07, 6.45) is 2.06. The van der Waals surface area contributed by atoms with Crippen LogP contribution in [0.15, 0.2) is 18.2 Å². The zero-order valence-corrected chi connectivity index (χ0v) is 13.1. The largest absolute Gasteiger partial charge is 0.351 e. The minimum atomic E-state index is -0.458. The number of nitrogens with one attached hydrogen (secondary N) is 2. The highest BCUT2D eigenvalue weighted by molar-refractivity contribution is 14.1. The highest BCUT2D eigenvalue weighted by atomic mass is 127. The predicted octanol–water partition coefficient (Wildman–Crippen LogP) is 2.55. The van der Waals surface area contributed by atoms with E-state index in [1.165, 1.54) is 6.07 Å². The van der Waals surface area contributed by atoms with Crippen molar-refractivity contribution in [2.45, 2.75) is 19.8 Å². The maximum Gasteiger partial charge on any atom is 0.255 e. The molecular weight excluding hydrogens is 358 g/mol. The van der Waals surface area contributed by atoms with Crippen LogP contribution >= 0.6 is 22.6 Å². The van der Waals surface area contributed by atoms with E-state index in [4.69, 9.17) is 0 Å². The van der Waals surface area contributed by atoms with Crippen LogP contribution in [0.2, 0.25) is 0 Å². The number of rotatable bonds is 3. The van der Waals surface area contributed by atoms with Crippen molar-refractivity contribution in [3.63, 3.8) is 0 Å². The van der Waals surface area contributed by atoms with Crippen molar-refractivity contribution in [1.29, 1.82) is 0 Å². The van der Waals surface area contributed by atoms with E-state index in [2.05, 4.69) is 17.6 Å². The van der Waals surface area contributed by atoms with Gasteiger partial charge in [0.1, 0.15) is 5.82 Å². The number of carbonyl (C=O) groups is 1. The lowest BCUT2D eigenvalue weighted by molar-refractivity contribution is 0.0917. The van der Waals surface area contributed by atoms with Crippen molar-refractivity contribution in [2.24, 2.45) is 5.41 Å². The Morgan fingerprint density at radius 1 is 1.47 bits per heavy atom. The van der Waals surface area contributed by atoms with E-state index in [0.717, 1.165) is 25.9 Å². The molecule has 1 amide bonds. The summed E-state index contributed by atoms with van der Waals surface area (Å²) in [6.45, 7) is 4.71. The summed E-state index contributed by atoms with van der Waals surface area (Å²) in [6, 6.07) is 4.68. The fourth-order valence-electron chi connectivity index (χ4n) is 2.30. The van der Waals surface area contributed by atoms with Gasteiger partial charge in [-0.25, -0.2) is 4.39 Å². The molecule has 1 fully saturated rings. The summed E-state index contributed by atoms with van der Waals surface area (Å²) in [7, 11) is 0. The molecule has 0 spiro atoms. The highest BCUT2D eigenvalue weighted by Gasteiger charge is 2.27. The molecule has 0 unspecified atom stereocenters. The zero-order valence-electron chi connectivity index (χ0n) is 10.9. The maximum atomic E-state index is 13.7. The van der Waals surface area contributed by atoms with Gasteiger partial charge in [0.25, 0.3) is 5.91 Å². The molecule has 2 rings (SSSR count). The van der Waals surface area contributed by atoms with Crippen molar-refractivity contribution in [3.8, 4) is 0 Å². The Morgan fingerprint density at radius 3 is 2.79 bits per heavy atom. The molecule has 1 aliphatic heterocycles. The quantitative estimate of drug-likeness (QED) is 0.797. The molecule has 1 aromatic rings. The molecule has 0 aromatic heterocycles. The molecule has 0 bridgehead atoms. The van der Waals surface area contributed by atoms with Gasteiger partial charge in [0.05, 0.1) is 5.56 Å². The van der Waals surface area contributed by atoms with Crippen molar-refractivity contribution in [3.05, 3.63) is 33.1 Å². The molecule has 0 radical (unpaired) electrons. The van der Waals surface area contributed by atoms with Crippen LogP contribution in [-0.4, -0.2) is 25.5 Å². The third-order valence-electron chi connectivity index (χ3n) is 3.68. The standard InChI is InChI=1S/C14H18FIN2O/c1-14(5-7-17-8-6-14)9-18-13(19)12-10(15)3-2-4-11(12)16/h2-4,17H,5-9H2,1H3,(H,18,19). The molecule has 5 heteroatoms. The molecule has 1 saturated heterocycles. The number of carbonyl (C=O) groups excluding carboxylic acids is 1. The van der Waals surface area contributed by atoms with Gasteiger partial charge in [-0.15, -0.1) is 0 Å². The zero-order chi connectivity index (χ0) is 13.9. The van der Waals surface area contributed by atoms with Gasteiger partial charge < -0.3 is 10.6 Å². The van der Waals surface area contributed by atoms with E-state index >= 15 is 0 Å². The second kappa shape index (κ2) is 6.17. The van der Waals surface area contributed by atoms with Gasteiger partial charge in [0.2, 0.25) is 0 Å². The Bertz CT molecular complexity index is 452. The monoisotopic (exact) mass is 376 g/mol. The van der Waals surface area contributed by atoms with Gasteiger partial charge in [0, 0.05) is 10.1 Å². The number of hydrogen-bond acceptors (Lipinski definition) is 2. The molecule has 1 heterocycles. The summed E-state index contributed by atoms with van der Waals surface area (Å²) in [5.41, 5.74) is 0.262. The third-order valence-corrected chi connectivity index (χ3v) is 4.58. The van der Waals surface area contributed by atoms with Crippen LogP contribution in [0, 0.1) is 14.8 Å². The van der Waals surface area contributed by atoms with Gasteiger partial charge in [-0.3, -0.25) is 4.79 Å². The molecule has 2 N–H and O–H groups in total. The molecule has 3 nitrogen and oxygen atoms in total. The first kappa shape index (κ1) is 14.7.